The van der Waals surface area contributed by atoms with Crippen LogP contribution in [0.1, 0.15) is 35.6 Å². The van der Waals surface area contributed by atoms with Crippen molar-refractivity contribution < 1.29 is 14.3 Å². The molecule has 0 aromatic heterocycles. The van der Waals surface area contributed by atoms with Crippen LogP contribution in [0.2, 0.25) is 0 Å². The molecule has 1 saturated heterocycles. The third kappa shape index (κ3) is 4.80. The van der Waals surface area contributed by atoms with Gasteiger partial charge in [-0.15, -0.1) is 0 Å². The summed E-state index contributed by atoms with van der Waals surface area (Å²) in [6, 6.07) is 14.3. The third-order valence-electron chi connectivity index (χ3n) is 5.12. The Labute approximate surface area is 161 Å². The average Bonchev–Trinajstić information content (AvgIpc) is 3.14. The lowest BCUT2D eigenvalue weighted by Gasteiger charge is -2.26. The molecular formula is C22H28N2O3. The molecule has 5 heteroatoms. The topological polar surface area (TPSA) is 50.8 Å². The molecule has 0 unspecified atom stereocenters. The Morgan fingerprint density at radius 2 is 1.93 bits per heavy atom. The van der Waals surface area contributed by atoms with Gasteiger partial charge in [0.25, 0.3) is 0 Å². The molecule has 1 fully saturated rings. The van der Waals surface area contributed by atoms with E-state index in [2.05, 4.69) is 41.4 Å². The zero-order valence-corrected chi connectivity index (χ0v) is 16.3. The second-order valence-corrected chi connectivity index (χ2v) is 7.00. The van der Waals surface area contributed by atoms with Gasteiger partial charge in [-0.1, -0.05) is 35.9 Å². The van der Waals surface area contributed by atoms with Crippen molar-refractivity contribution in [2.45, 2.75) is 32.4 Å². The highest BCUT2D eigenvalue weighted by atomic mass is 16.5. The molecule has 0 saturated carbocycles. The van der Waals surface area contributed by atoms with Gasteiger partial charge in [0.15, 0.2) is 0 Å². The summed E-state index contributed by atoms with van der Waals surface area (Å²) in [6.45, 7) is 3.93. The fourth-order valence-corrected chi connectivity index (χ4v) is 3.61. The average molecular weight is 368 g/mol. The van der Waals surface area contributed by atoms with Gasteiger partial charge in [0, 0.05) is 24.2 Å². The van der Waals surface area contributed by atoms with E-state index in [1.807, 2.05) is 18.2 Å². The Bertz CT molecular complexity index is 774. The second-order valence-electron chi connectivity index (χ2n) is 7.00. The first-order valence-corrected chi connectivity index (χ1v) is 9.39. The summed E-state index contributed by atoms with van der Waals surface area (Å²) >= 11 is 0. The number of aryl methyl sites for hydroxylation is 1. The highest BCUT2D eigenvalue weighted by Crippen LogP contribution is 2.38. The number of ether oxygens (including phenoxy) is 2. The number of hydrogen-bond donors (Lipinski definition) is 1. The largest absolute Gasteiger partial charge is 0.497 e. The van der Waals surface area contributed by atoms with Gasteiger partial charge < -0.3 is 14.8 Å². The smallest absolute Gasteiger partial charge is 0.234 e. The maximum atomic E-state index is 12.5. The van der Waals surface area contributed by atoms with Crippen LogP contribution in [0.4, 0.5) is 0 Å². The van der Waals surface area contributed by atoms with E-state index in [0.29, 0.717) is 13.1 Å². The second kappa shape index (κ2) is 8.91. The van der Waals surface area contributed by atoms with Gasteiger partial charge in [-0.05, 0) is 37.9 Å². The van der Waals surface area contributed by atoms with E-state index in [1.165, 1.54) is 5.56 Å². The Morgan fingerprint density at radius 3 is 2.63 bits per heavy atom. The number of nitrogens with one attached hydrogen (secondary N) is 1. The molecule has 2 aromatic rings. The molecule has 1 heterocycles. The molecule has 1 N–H and O–H groups in total. The van der Waals surface area contributed by atoms with Crippen molar-refractivity contribution in [1.82, 2.24) is 10.2 Å². The molecular weight excluding hydrogens is 340 g/mol. The summed E-state index contributed by atoms with van der Waals surface area (Å²) < 4.78 is 10.9. The van der Waals surface area contributed by atoms with Crippen molar-refractivity contribution >= 4 is 5.91 Å². The molecule has 2 aromatic carbocycles. The Balaban J connectivity index is 1.62. The summed E-state index contributed by atoms with van der Waals surface area (Å²) in [5, 5.41) is 3.03. The number of likely N-dealkylation sites (tertiary alicyclic amines) is 1. The van der Waals surface area contributed by atoms with Crippen molar-refractivity contribution in [2.75, 3.05) is 27.3 Å². The van der Waals surface area contributed by atoms with Gasteiger partial charge in [0.05, 0.1) is 20.8 Å². The molecule has 1 amide bonds. The van der Waals surface area contributed by atoms with Gasteiger partial charge in [-0.2, -0.15) is 0 Å². The Kier molecular flexibility index (Phi) is 6.35. The van der Waals surface area contributed by atoms with Gasteiger partial charge in [-0.3, -0.25) is 9.69 Å². The van der Waals surface area contributed by atoms with Crippen LogP contribution in [0.15, 0.2) is 42.5 Å². The SMILES string of the molecule is COc1ccc([C@H]2CCCN2CC(=O)NCc2ccc(C)cc2)c(OC)c1. The first-order chi connectivity index (χ1) is 13.1. The molecule has 3 rings (SSSR count). The van der Waals surface area contributed by atoms with E-state index in [1.54, 1.807) is 14.2 Å². The molecule has 27 heavy (non-hydrogen) atoms. The summed E-state index contributed by atoms with van der Waals surface area (Å²) in [5.41, 5.74) is 3.45. The van der Waals surface area contributed by atoms with Crippen LogP contribution >= 0.6 is 0 Å². The van der Waals surface area contributed by atoms with Crippen LogP contribution in [0, 0.1) is 6.92 Å². The fraction of sp³-hybridized carbons (Fsp3) is 0.409. The van der Waals surface area contributed by atoms with Crippen molar-refractivity contribution in [3.63, 3.8) is 0 Å². The molecule has 0 radical (unpaired) electrons. The molecule has 5 nitrogen and oxygen atoms in total. The number of hydrogen-bond acceptors (Lipinski definition) is 4. The molecule has 1 aliphatic rings. The first kappa shape index (κ1) is 19.2. The van der Waals surface area contributed by atoms with Gasteiger partial charge in [0.1, 0.15) is 11.5 Å². The molecule has 0 aliphatic carbocycles. The fourth-order valence-electron chi connectivity index (χ4n) is 3.61. The minimum absolute atomic E-state index is 0.0509. The monoisotopic (exact) mass is 368 g/mol. The lowest BCUT2D eigenvalue weighted by Crippen LogP contribution is -2.36. The third-order valence-corrected chi connectivity index (χ3v) is 5.12. The van der Waals surface area contributed by atoms with Gasteiger partial charge in [0.2, 0.25) is 5.91 Å². The normalized spacial score (nSPS) is 16.9. The Hall–Kier alpha value is -2.53. The zero-order chi connectivity index (χ0) is 19.2. The number of benzene rings is 2. The highest BCUT2D eigenvalue weighted by molar-refractivity contribution is 5.78. The van der Waals surface area contributed by atoms with Crippen LogP contribution < -0.4 is 14.8 Å². The number of nitrogens with zero attached hydrogens (tertiary/aromatic N) is 1. The lowest BCUT2D eigenvalue weighted by molar-refractivity contribution is -0.122. The predicted molar refractivity (Wildman–Crippen MR) is 106 cm³/mol. The quantitative estimate of drug-likeness (QED) is 0.813. The van der Waals surface area contributed by atoms with E-state index in [9.17, 15) is 4.79 Å². The number of amides is 1. The number of methoxy groups -OCH3 is 2. The van der Waals surface area contributed by atoms with Crippen LogP contribution in [0.3, 0.4) is 0 Å². The minimum Gasteiger partial charge on any atom is -0.497 e. The summed E-state index contributed by atoms with van der Waals surface area (Å²) in [7, 11) is 3.32. The lowest BCUT2D eigenvalue weighted by atomic mass is 10.0. The van der Waals surface area contributed by atoms with Crippen LogP contribution in [0.25, 0.3) is 0 Å². The predicted octanol–water partition coefficient (Wildman–Crippen LogP) is 3.47. The van der Waals surface area contributed by atoms with E-state index in [4.69, 9.17) is 9.47 Å². The molecule has 144 valence electrons. The molecule has 0 spiro atoms. The number of carbonyl (C=O) groups is 1. The first-order valence-electron chi connectivity index (χ1n) is 9.39. The zero-order valence-electron chi connectivity index (χ0n) is 16.3. The van der Waals surface area contributed by atoms with Gasteiger partial charge in [-0.25, -0.2) is 0 Å². The van der Waals surface area contributed by atoms with Crippen molar-refractivity contribution in [2.24, 2.45) is 0 Å². The minimum atomic E-state index is 0.0509. The molecule has 0 bridgehead atoms. The van der Waals surface area contributed by atoms with Crippen molar-refractivity contribution in [3.05, 3.63) is 59.2 Å². The Morgan fingerprint density at radius 1 is 1.15 bits per heavy atom. The maximum Gasteiger partial charge on any atom is 0.234 e. The van der Waals surface area contributed by atoms with E-state index >= 15 is 0 Å². The summed E-state index contributed by atoms with van der Waals surface area (Å²) in [5.74, 6) is 1.64. The number of rotatable bonds is 7. The van der Waals surface area contributed by atoms with E-state index < -0.39 is 0 Å². The summed E-state index contributed by atoms with van der Waals surface area (Å²) in [6.07, 6.45) is 2.10. The van der Waals surface area contributed by atoms with E-state index in [-0.39, 0.29) is 11.9 Å². The van der Waals surface area contributed by atoms with Crippen molar-refractivity contribution in [3.8, 4) is 11.5 Å². The van der Waals surface area contributed by atoms with Crippen LogP contribution in [0.5, 0.6) is 11.5 Å². The van der Waals surface area contributed by atoms with Crippen LogP contribution in [-0.2, 0) is 11.3 Å². The van der Waals surface area contributed by atoms with E-state index in [0.717, 1.165) is 42.0 Å². The van der Waals surface area contributed by atoms with Crippen molar-refractivity contribution in [1.29, 1.82) is 0 Å². The van der Waals surface area contributed by atoms with Crippen LogP contribution in [-0.4, -0.2) is 38.1 Å². The number of carbonyl (C=O) groups excluding carboxylic acids is 1. The molecule has 1 atom stereocenters. The maximum absolute atomic E-state index is 12.5. The van der Waals surface area contributed by atoms with Gasteiger partial charge >= 0.3 is 0 Å². The standard InChI is InChI=1S/C22H28N2O3/c1-16-6-8-17(9-7-16)14-23-22(25)15-24-12-4-5-20(24)19-11-10-18(26-2)13-21(19)27-3/h6-11,13,20H,4-5,12,14-15H2,1-3H3,(H,23,25)/t20-/m1/s1. The molecule has 1 aliphatic heterocycles. The highest BCUT2D eigenvalue weighted by Gasteiger charge is 2.29. The summed E-state index contributed by atoms with van der Waals surface area (Å²) in [4.78, 5) is 14.7.